The second kappa shape index (κ2) is 6.50. The second-order valence-electron chi connectivity index (χ2n) is 5.33. The van der Waals surface area contributed by atoms with Crippen LogP contribution in [-0.2, 0) is 4.79 Å². The number of rotatable bonds is 4. The van der Waals surface area contributed by atoms with E-state index in [-0.39, 0.29) is 17.4 Å². The van der Waals surface area contributed by atoms with Gasteiger partial charge in [0.15, 0.2) is 0 Å². The number of benzene rings is 1. The number of nitrogens with zero attached hydrogens (tertiary/aromatic N) is 2. The average molecular weight is 308 g/mol. The molecule has 0 bridgehead atoms. The highest BCUT2D eigenvalue weighted by atomic mass is 16.6. The molecule has 0 saturated heterocycles. The van der Waals surface area contributed by atoms with Gasteiger partial charge in [-0.15, -0.1) is 0 Å². The molecule has 0 spiro atoms. The predicted molar refractivity (Wildman–Crippen MR) is 76.9 cm³/mol. The van der Waals surface area contributed by atoms with Crippen LogP contribution in [0.15, 0.2) is 12.1 Å². The van der Waals surface area contributed by atoms with Crippen molar-refractivity contribution in [3.05, 3.63) is 37.9 Å². The van der Waals surface area contributed by atoms with Gasteiger partial charge in [-0.05, 0) is 18.8 Å². The Labute approximate surface area is 126 Å². The fourth-order valence-corrected chi connectivity index (χ4v) is 2.83. The van der Waals surface area contributed by atoms with Crippen LogP contribution < -0.4 is 4.74 Å². The Morgan fingerprint density at radius 3 is 2.27 bits per heavy atom. The molecule has 1 aromatic rings. The molecule has 1 aromatic carbocycles. The summed E-state index contributed by atoms with van der Waals surface area (Å²) in [5.41, 5.74) is -0.510. The number of nitro benzene ring substituents is 2. The molecule has 0 N–H and O–H groups in total. The zero-order chi connectivity index (χ0) is 16.3. The molecule has 0 radical (unpaired) electrons. The lowest BCUT2D eigenvalue weighted by Gasteiger charge is -2.23. The molecule has 8 nitrogen and oxygen atoms in total. The molecule has 1 aliphatic rings. The first-order valence-electron chi connectivity index (χ1n) is 7.05. The summed E-state index contributed by atoms with van der Waals surface area (Å²) in [6.45, 7) is 1.15. The molecule has 2 rings (SSSR count). The highest BCUT2D eigenvalue weighted by molar-refractivity contribution is 5.73. The molecule has 1 saturated carbocycles. The van der Waals surface area contributed by atoms with Crippen molar-refractivity contribution in [1.82, 2.24) is 0 Å². The Balaban J connectivity index is 2.61. The highest BCUT2D eigenvalue weighted by Crippen LogP contribution is 2.44. The van der Waals surface area contributed by atoms with Gasteiger partial charge in [0.2, 0.25) is 5.75 Å². The second-order valence-corrected chi connectivity index (χ2v) is 5.33. The van der Waals surface area contributed by atoms with Crippen LogP contribution in [-0.4, -0.2) is 15.8 Å². The van der Waals surface area contributed by atoms with Crippen LogP contribution in [0, 0.1) is 20.2 Å². The lowest BCUT2D eigenvalue weighted by atomic mass is 9.83. The molecular formula is C14H16N2O6. The zero-order valence-electron chi connectivity index (χ0n) is 12.1. The summed E-state index contributed by atoms with van der Waals surface area (Å²) in [5.74, 6) is -0.911. The first-order valence-corrected chi connectivity index (χ1v) is 7.05. The maximum absolute atomic E-state index is 11.3. The van der Waals surface area contributed by atoms with Crippen molar-refractivity contribution >= 4 is 17.3 Å². The molecule has 0 heterocycles. The Morgan fingerprint density at radius 1 is 1.14 bits per heavy atom. The topological polar surface area (TPSA) is 113 Å². The van der Waals surface area contributed by atoms with Crippen molar-refractivity contribution in [3.63, 3.8) is 0 Å². The van der Waals surface area contributed by atoms with Gasteiger partial charge in [0.25, 0.3) is 5.69 Å². The minimum atomic E-state index is -0.752. The smallest absolute Gasteiger partial charge is 0.318 e. The quantitative estimate of drug-likeness (QED) is 0.364. The lowest BCUT2D eigenvalue weighted by Crippen LogP contribution is -2.12. The largest absolute Gasteiger partial charge is 0.419 e. The Bertz CT molecular complexity index is 622. The van der Waals surface area contributed by atoms with Gasteiger partial charge in [0.05, 0.1) is 15.9 Å². The number of ether oxygens (including phenoxy) is 1. The third-order valence-corrected chi connectivity index (χ3v) is 3.78. The molecule has 1 aliphatic carbocycles. The fourth-order valence-electron chi connectivity index (χ4n) is 2.83. The van der Waals surface area contributed by atoms with Gasteiger partial charge in [-0.2, -0.15) is 0 Å². The van der Waals surface area contributed by atoms with Crippen LogP contribution >= 0.6 is 0 Å². The van der Waals surface area contributed by atoms with Gasteiger partial charge in [0.1, 0.15) is 0 Å². The molecule has 22 heavy (non-hydrogen) atoms. The molecule has 0 amide bonds. The van der Waals surface area contributed by atoms with Crippen LogP contribution in [0.4, 0.5) is 11.4 Å². The third-order valence-electron chi connectivity index (χ3n) is 3.78. The van der Waals surface area contributed by atoms with E-state index in [1.54, 1.807) is 0 Å². The van der Waals surface area contributed by atoms with Gasteiger partial charge < -0.3 is 4.74 Å². The van der Waals surface area contributed by atoms with E-state index in [2.05, 4.69) is 0 Å². The third kappa shape index (κ3) is 3.38. The number of carbonyl (C=O) groups is 1. The normalized spacial score (nSPS) is 15.3. The predicted octanol–water partition coefficient (Wildman–Crippen LogP) is 3.48. The highest BCUT2D eigenvalue weighted by Gasteiger charge is 2.30. The van der Waals surface area contributed by atoms with E-state index < -0.39 is 21.5 Å². The Kier molecular flexibility index (Phi) is 4.69. The van der Waals surface area contributed by atoms with E-state index in [9.17, 15) is 25.0 Å². The van der Waals surface area contributed by atoms with E-state index in [1.165, 1.54) is 6.07 Å². The van der Waals surface area contributed by atoms with E-state index in [0.717, 1.165) is 45.1 Å². The number of nitro groups is 2. The van der Waals surface area contributed by atoms with Crippen molar-refractivity contribution in [3.8, 4) is 5.75 Å². The maximum atomic E-state index is 11.3. The SMILES string of the molecule is CC(=O)Oc1c(C2CCCCC2)cc([N+](=O)[O-])cc1[N+](=O)[O-]. The van der Waals surface area contributed by atoms with Crippen molar-refractivity contribution in [2.24, 2.45) is 0 Å². The van der Waals surface area contributed by atoms with E-state index >= 15 is 0 Å². The summed E-state index contributed by atoms with van der Waals surface area (Å²) in [5, 5.41) is 22.2. The van der Waals surface area contributed by atoms with Gasteiger partial charge in [-0.25, -0.2) is 0 Å². The standard InChI is InChI=1S/C14H16N2O6/c1-9(17)22-14-12(10-5-3-2-4-6-10)7-11(15(18)19)8-13(14)16(20)21/h7-8,10H,2-6H2,1H3. The van der Waals surface area contributed by atoms with E-state index in [0.29, 0.717) is 5.56 Å². The average Bonchev–Trinajstić information content (AvgIpc) is 2.47. The number of hydrogen-bond acceptors (Lipinski definition) is 6. The number of carbonyl (C=O) groups excluding carboxylic acids is 1. The van der Waals surface area contributed by atoms with Crippen LogP contribution in [0.1, 0.15) is 50.5 Å². The molecule has 0 aliphatic heterocycles. The fraction of sp³-hybridized carbons (Fsp3) is 0.500. The summed E-state index contributed by atoms with van der Waals surface area (Å²) in [6.07, 6.45) is 4.50. The molecule has 118 valence electrons. The zero-order valence-corrected chi connectivity index (χ0v) is 12.1. The minimum absolute atomic E-state index is 0.0679. The van der Waals surface area contributed by atoms with Gasteiger partial charge in [-0.3, -0.25) is 25.0 Å². The van der Waals surface area contributed by atoms with E-state index in [4.69, 9.17) is 4.74 Å². The molecule has 0 atom stereocenters. The summed E-state index contributed by atoms with van der Waals surface area (Å²) in [7, 11) is 0. The first-order chi connectivity index (χ1) is 10.4. The number of non-ortho nitro benzene ring substituents is 1. The van der Waals surface area contributed by atoms with E-state index in [1.807, 2.05) is 0 Å². The van der Waals surface area contributed by atoms with Gasteiger partial charge >= 0.3 is 11.7 Å². The number of hydrogen-bond donors (Lipinski definition) is 0. The first kappa shape index (κ1) is 15.9. The summed E-state index contributed by atoms with van der Waals surface area (Å²) in [6, 6.07) is 2.13. The summed E-state index contributed by atoms with van der Waals surface area (Å²) >= 11 is 0. The monoisotopic (exact) mass is 308 g/mol. The van der Waals surface area contributed by atoms with Crippen LogP contribution in [0.2, 0.25) is 0 Å². The van der Waals surface area contributed by atoms with Gasteiger partial charge in [-0.1, -0.05) is 19.3 Å². The Hall–Kier alpha value is -2.51. The van der Waals surface area contributed by atoms with Crippen LogP contribution in [0.3, 0.4) is 0 Å². The lowest BCUT2D eigenvalue weighted by molar-refractivity contribution is -0.394. The molecule has 8 heteroatoms. The van der Waals surface area contributed by atoms with Crippen LogP contribution in [0.25, 0.3) is 0 Å². The molecule has 1 fully saturated rings. The molecular weight excluding hydrogens is 292 g/mol. The van der Waals surface area contributed by atoms with Crippen LogP contribution in [0.5, 0.6) is 5.75 Å². The summed E-state index contributed by atoms with van der Waals surface area (Å²) in [4.78, 5) is 32.1. The summed E-state index contributed by atoms with van der Waals surface area (Å²) < 4.78 is 5.02. The van der Waals surface area contributed by atoms with Crippen molar-refractivity contribution < 1.29 is 19.4 Å². The van der Waals surface area contributed by atoms with Crippen molar-refractivity contribution in [2.75, 3.05) is 0 Å². The minimum Gasteiger partial charge on any atom is -0.419 e. The molecule has 0 aromatic heterocycles. The van der Waals surface area contributed by atoms with Crippen molar-refractivity contribution in [1.29, 1.82) is 0 Å². The maximum Gasteiger partial charge on any atom is 0.318 e. The van der Waals surface area contributed by atoms with Gasteiger partial charge in [0, 0.05) is 18.6 Å². The van der Waals surface area contributed by atoms with Crippen molar-refractivity contribution in [2.45, 2.75) is 44.9 Å². The Morgan fingerprint density at radius 2 is 1.77 bits per heavy atom. The number of esters is 1. The molecule has 0 unspecified atom stereocenters.